The molecule has 1 aromatic carbocycles. The third-order valence-electron chi connectivity index (χ3n) is 3.89. The molecule has 1 heterocycles. The van der Waals surface area contributed by atoms with Gasteiger partial charge in [-0.05, 0) is 43.5 Å². The second-order valence-electron chi connectivity index (χ2n) is 4.94. The smallest absolute Gasteiger partial charge is 0.161 e. The molecule has 1 aliphatic heterocycles. The number of rotatable bonds is 5. The normalized spacial score (nSPS) is 17.8. The lowest BCUT2D eigenvalue weighted by Crippen LogP contribution is -2.30. The fraction of sp³-hybridized carbons (Fsp3) is 0.600. The quantitative estimate of drug-likeness (QED) is 0.891. The van der Waals surface area contributed by atoms with Crippen LogP contribution >= 0.6 is 15.9 Å². The molecular weight excluding hydrogens is 322 g/mol. The average molecular weight is 344 g/mol. The van der Waals surface area contributed by atoms with Crippen molar-refractivity contribution in [3.05, 3.63) is 22.2 Å². The van der Waals surface area contributed by atoms with Gasteiger partial charge >= 0.3 is 0 Å². The molecule has 0 bridgehead atoms. The van der Waals surface area contributed by atoms with Crippen molar-refractivity contribution >= 4 is 15.9 Å². The second kappa shape index (κ2) is 7.29. The maximum atomic E-state index is 5.46. The van der Waals surface area contributed by atoms with Crippen molar-refractivity contribution in [2.45, 2.75) is 18.9 Å². The Morgan fingerprint density at radius 2 is 1.80 bits per heavy atom. The van der Waals surface area contributed by atoms with Crippen LogP contribution in [-0.2, 0) is 4.74 Å². The molecule has 5 heteroatoms. The summed E-state index contributed by atoms with van der Waals surface area (Å²) >= 11 is 3.65. The van der Waals surface area contributed by atoms with Crippen LogP contribution in [0.15, 0.2) is 16.6 Å². The SMILES string of the molecule is CNC(c1cc(OC)c(OC)cc1Br)C1CCOCC1. The van der Waals surface area contributed by atoms with Crippen LogP contribution in [0, 0.1) is 5.92 Å². The summed E-state index contributed by atoms with van der Waals surface area (Å²) in [5.41, 5.74) is 1.21. The van der Waals surface area contributed by atoms with Crippen molar-refractivity contribution in [2.24, 2.45) is 5.92 Å². The Morgan fingerprint density at radius 1 is 1.20 bits per heavy atom. The zero-order chi connectivity index (χ0) is 14.5. The third kappa shape index (κ3) is 3.27. The molecule has 0 aromatic heterocycles. The van der Waals surface area contributed by atoms with Crippen molar-refractivity contribution in [1.82, 2.24) is 5.32 Å². The van der Waals surface area contributed by atoms with Gasteiger partial charge < -0.3 is 19.5 Å². The molecule has 112 valence electrons. The molecule has 1 aliphatic rings. The molecule has 20 heavy (non-hydrogen) atoms. The van der Waals surface area contributed by atoms with Gasteiger partial charge in [0.2, 0.25) is 0 Å². The Kier molecular flexibility index (Phi) is 5.69. The highest BCUT2D eigenvalue weighted by atomic mass is 79.9. The van der Waals surface area contributed by atoms with Gasteiger partial charge in [0.25, 0.3) is 0 Å². The van der Waals surface area contributed by atoms with Crippen LogP contribution in [0.1, 0.15) is 24.4 Å². The monoisotopic (exact) mass is 343 g/mol. The number of halogens is 1. The van der Waals surface area contributed by atoms with Crippen LogP contribution in [0.3, 0.4) is 0 Å². The summed E-state index contributed by atoms with van der Waals surface area (Å²) in [5, 5.41) is 3.44. The summed E-state index contributed by atoms with van der Waals surface area (Å²) in [5.74, 6) is 2.08. The van der Waals surface area contributed by atoms with Crippen molar-refractivity contribution in [2.75, 3.05) is 34.5 Å². The van der Waals surface area contributed by atoms with E-state index in [1.807, 2.05) is 13.1 Å². The topological polar surface area (TPSA) is 39.7 Å². The van der Waals surface area contributed by atoms with Gasteiger partial charge in [0, 0.05) is 23.7 Å². The first-order chi connectivity index (χ1) is 9.71. The summed E-state index contributed by atoms with van der Waals surface area (Å²) in [6.07, 6.45) is 2.15. The zero-order valence-electron chi connectivity index (χ0n) is 12.2. The van der Waals surface area contributed by atoms with Crippen LogP contribution in [0.5, 0.6) is 11.5 Å². The zero-order valence-corrected chi connectivity index (χ0v) is 13.8. The highest BCUT2D eigenvalue weighted by Gasteiger charge is 2.26. The summed E-state index contributed by atoms with van der Waals surface area (Å²) in [6, 6.07) is 4.31. The molecule has 4 nitrogen and oxygen atoms in total. The number of hydrogen-bond acceptors (Lipinski definition) is 4. The molecule has 0 amide bonds. The highest BCUT2D eigenvalue weighted by molar-refractivity contribution is 9.10. The molecule has 0 aliphatic carbocycles. The van der Waals surface area contributed by atoms with Crippen LogP contribution in [0.4, 0.5) is 0 Å². The van der Waals surface area contributed by atoms with Crippen molar-refractivity contribution in [1.29, 1.82) is 0 Å². The number of nitrogens with one attached hydrogen (secondary N) is 1. The number of benzene rings is 1. The standard InChI is InChI=1S/C15H22BrNO3/c1-17-15(10-4-6-20-7-5-10)11-8-13(18-2)14(19-3)9-12(11)16/h8-10,15,17H,4-7H2,1-3H3. The molecule has 0 radical (unpaired) electrons. The van der Waals surface area contributed by atoms with Crippen LogP contribution in [0.2, 0.25) is 0 Å². The summed E-state index contributed by atoms with van der Waals surface area (Å²) in [7, 11) is 5.32. The predicted octanol–water partition coefficient (Wildman–Crippen LogP) is 3.15. The minimum absolute atomic E-state index is 0.285. The van der Waals surface area contributed by atoms with Crippen molar-refractivity contribution < 1.29 is 14.2 Å². The molecule has 1 aromatic rings. The fourth-order valence-electron chi connectivity index (χ4n) is 2.80. The van der Waals surface area contributed by atoms with Gasteiger partial charge in [0.15, 0.2) is 11.5 Å². The summed E-state index contributed by atoms with van der Waals surface area (Å²) in [6.45, 7) is 1.68. The van der Waals surface area contributed by atoms with Gasteiger partial charge in [-0.2, -0.15) is 0 Å². The Labute approximate surface area is 128 Å². The first-order valence-corrected chi connectivity index (χ1v) is 7.67. The first kappa shape index (κ1) is 15.6. The van der Waals surface area contributed by atoms with Crippen LogP contribution in [-0.4, -0.2) is 34.5 Å². The van der Waals surface area contributed by atoms with E-state index in [9.17, 15) is 0 Å². The molecule has 0 spiro atoms. The first-order valence-electron chi connectivity index (χ1n) is 6.87. The van der Waals surface area contributed by atoms with E-state index in [0.717, 1.165) is 42.0 Å². The maximum absolute atomic E-state index is 5.46. The molecular formula is C15H22BrNO3. The Bertz CT molecular complexity index is 447. The number of ether oxygens (including phenoxy) is 3. The van der Waals surface area contributed by atoms with E-state index in [1.54, 1.807) is 14.2 Å². The van der Waals surface area contributed by atoms with Gasteiger partial charge in [-0.25, -0.2) is 0 Å². The van der Waals surface area contributed by atoms with Crippen LogP contribution in [0.25, 0.3) is 0 Å². The Hall–Kier alpha value is -0.780. The molecule has 1 saturated heterocycles. The van der Waals surface area contributed by atoms with Gasteiger partial charge in [-0.3, -0.25) is 0 Å². The lowest BCUT2D eigenvalue weighted by atomic mass is 9.87. The maximum Gasteiger partial charge on any atom is 0.161 e. The van der Waals surface area contributed by atoms with Gasteiger partial charge in [0.1, 0.15) is 0 Å². The second-order valence-corrected chi connectivity index (χ2v) is 5.80. The third-order valence-corrected chi connectivity index (χ3v) is 4.57. The predicted molar refractivity (Wildman–Crippen MR) is 82.6 cm³/mol. The molecule has 1 fully saturated rings. The summed E-state index contributed by atoms with van der Waals surface area (Å²) < 4.78 is 17.3. The van der Waals surface area contributed by atoms with E-state index in [-0.39, 0.29) is 6.04 Å². The lowest BCUT2D eigenvalue weighted by Gasteiger charge is -2.31. The minimum Gasteiger partial charge on any atom is -0.493 e. The highest BCUT2D eigenvalue weighted by Crippen LogP contribution is 2.39. The largest absolute Gasteiger partial charge is 0.493 e. The van der Waals surface area contributed by atoms with E-state index < -0.39 is 0 Å². The van der Waals surface area contributed by atoms with E-state index in [2.05, 4.69) is 27.3 Å². The van der Waals surface area contributed by atoms with Crippen LogP contribution < -0.4 is 14.8 Å². The molecule has 0 saturated carbocycles. The number of hydrogen-bond donors (Lipinski definition) is 1. The molecule has 1 N–H and O–H groups in total. The lowest BCUT2D eigenvalue weighted by molar-refractivity contribution is 0.0545. The molecule has 2 rings (SSSR count). The van der Waals surface area contributed by atoms with Crippen molar-refractivity contribution in [3.63, 3.8) is 0 Å². The summed E-state index contributed by atoms with van der Waals surface area (Å²) in [4.78, 5) is 0. The van der Waals surface area contributed by atoms with Gasteiger partial charge in [-0.15, -0.1) is 0 Å². The fourth-order valence-corrected chi connectivity index (χ4v) is 3.37. The Morgan fingerprint density at radius 3 is 2.35 bits per heavy atom. The average Bonchev–Trinajstić information content (AvgIpc) is 2.50. The van der Waals surface area contributed by atoms with E-state index in [4.69, 9.17) is 14.2 Å². The number of methoxy groups -OCH3 is 2. The van der Waals surface area contributed by atoms with Crippen molar-refractivity contribution in [3.8, 4) is 11.5 Å². The van der Waals surface area contributed by atoms with E-state index in [1.165, 1.54) is 5.56 Å². The van der Waals surface area contributed by atoms with E-state index in [0.29, 0.717) is 5.92 Å². The van der Waals surface area contributed by atoms with E-state index >= 15 is 0 Å². The molecule has 1 atom stereocenters. The Balaban J connectivity index is 2.33. The van der Waals surface area contributed by atoms with Gasteiger partial charge in [-0.1, -0.05) is 15.9 Å². The minimum atomic E-state index is 0.285. The van der Waals surface area contributed by atoms with Gasteiger partial charge in [0.05, 0.1) is 14.2 Å². The molecule has 1 unspecified atom stereocenters.